The number of aliphatic hydroxyl groups is 1. The Labute approximate surface area is 109 Å². The summed E-state index contributed by atoms with van der Waals surface area (Å²) in [6, 6.07) is 0. The number of nitrogens with zero attached hydrogens (tertiary/aromatic N) is 1. The lowest BCUT2D eigenvalue weighted by molar-refractivity contribution is -0.149. The number of carbonyl (C=O) groups excluding carboxylic acids is 2. The van der Waals surface area contributed by atoms with Crippen LogP contribution >= 0.6 is 0 Å². The molecule has 1 unspecified atom stereocenters. The third-order valence-corrected chi connectivity index (χ3v) is 2.34. The Morgan fingerprint density at radius 3 is 2.33 bits per heavy atom. The SMILES string of the molecule is CCOC(=O)CN(CC(C)C)C(=O)CCC(C)O. The second kappa shape index (κ2) is 8.91. The van der Waals surface area contributed by atoms with E-state index in [0.29, 0.717) is 19.6 Å². The molecule has 1 amide bonds. The third-order valence-electron chi connectivity index (χ3n) is 2.34. The van der Waals surface area contributed by atoms with Gasteiger partial charge >= 0.3 is 5.97 Å². The number of hydrogen-bond acceptors (Lipinski definition) is 4. The fraction of sp³-hybridized carbons (Fsp3) is 0.846. The number of ether oxygens (including phenoxy) is 1. The van der Waals surface area contributed by atoms with Crippen molar-refractivity contribution in [1.82, 2.24) is 4.90 Å². The van der Waals surface area contributed by atoms with Crippen molar-refractivity contribution >= 4 is 11.9 Å². The number of rotatable bonds is 8. The molecule has 106 valence electrons. The van der Waals surface area contributed by atoms with Crippen LogP contribution in [-0.4, -0.2) is 47.7 Å². The van der Waals surface area contributed by atoms with Crippen LogP contribution in [0.3, 0.4) is 0 Å². The van der Waals surface area contributed by atoms with Crippen LogP contribution in [0.1, 0.15) is 40.5 Å². The summed E-state index contributed by atoms with van der Waals surface area (Å²) in [7, 11) is 0. The van der Waals surface area contributed by atoms with Crippen molar-refractivity contribution in [2.75, 3.05) is 19.7 Å². The van der Waals surface area contributed by atoms with Gasteiger partial charge < -0.3 is 14.7 Å². The highest BCUT2D eigenvalue weighted by molar-refractivity contribution is 5.82. The normalized spacial score (nSPS) is 12.3. The molecule has 0 saturated heterocycles. The van der Waals surface area contributed by atoms with Gasteiger partial charge in [0.15, 0.2) is 0 Å². The molecule has 5 heteroatoms. The van der Waals surface area contributed by atoms with E-state index in [9.17, 15) is 9.59 Å². The fourth-order valence-corrected chi connectivity index (χ4v) is 1.55. The maximum Gasteiger partial charge on any atom is 0.325 e. The molecular formula is C13H25NO4. The maximum atomic E-state index is 11.9. The van der Waals surface area contributed by atoms with Crippen molar-refractivity contribution < 1.29 is 19.4 Å². The van der Waals surface area contributed by atoms with Gasteiger partial charge in [-0.15, -0.1) is 0 Å². The van der Waals surface area contributed by atoms with Crippen molar-refractivity contribution in [3.8, 4) is 0 Å². The topological polar surface area (TPSA) is 66.8 Å². The molecular weight excluding hydrogens is 234 g/mol. The Balaban J connectivity index is 4.37. The lowest BCUT2D eigenvalue weighted by Gasteiger charge is -2.23. The van der Waals surface area contributed by atoms with Gasteiger partial charge in [0.05, 0.1) is 12.7 Å². The van der Waals surface area contributed by atoms with Crippen LogP contribution in [0.15, 0.2) is 0 Å². The van der Waals surface area contributed by atoms with E-state index in [4.69, 9.17) is 9.84 Å². The predicted octanol–water partition coefficient (Wildman–Crippen LogP) is 1.20. The minimum Gasteiger partial charge on any atom is -0.465 e. The number of aliphatic hydroxyl groups excluding tert-OH is 1. The van der Waals surface area contributed by atoms with Gasteiger partial charge in [-0.05, 0) is 26.2 Å². The zero-order valence-corrected chi connectivity index (χ0v) is 11.8. The highest BCUT2D eigenvalue weighted by atomic mass is 16.5. The molecule has 0 spiro atoms. The molecule has 0 aromatic rings. The Morgan fingerprint density at radius 2 is 1.89 bits per heavy atom. The lowest BCUT2D eigenvalue weighted by Crippen LogP contribution is -2.39. The van der Waals surface area contributed by atoms with Gasteiger partial charge in [0.1, 0.15) is 6.54 Å². The molecule has 0 aliphatic heterocycles. The lowest BCUT2D eigenvalue weighted by atomic mass is 10.1. The van der Waals surface area contributed by atoms with Crippen molar-refractivity contribution in [2.45, 2.75) is 46.6 Å². The second-order valence-electron chi connectivity index (χ2n) is 4.86. The van der Waals surface area contributed by atoms with Crippen LogP contribution in [0.25, 0.3) is 0 Å². The Hall–Kier alpha value is -1.10. The molecule has 0 heterocycles. The number of hydrogen-bond donors (Lipinski definition) is 1. The number of amides is 1. The molecule has 0 bridgehead atoms. The van der Waals surface area contributed by atoms with Gasteiger partial charge in [0, 0.05) is 13.0 Å². The van der Waals surface area contributed by atoms with Crippen molar-refractivity contribution in [3.05, 3.63) is 0 Å². The molecule has 0 fully saturated rings. The van der Waals surface area contributed by atoms with Crippen LogP contribution in [0, 0.1) is 5.92 Å². The first-order chi connectivity index (χ1) is 8.36. The fourth-order valence-electron chi connectivity index (χ4n) is 1.55. The quantitative estimate of drug-likeness (QED) is 0.665. The molecule has 0 aromatic carbocycles. The summed E-state index contributed by atoms with van der Waals surface area (Å²) in [5.74, 6) is -0.212. The van der Waals surface area contributed by atoms with Gasteiger partial charge in [0.2, 0.25) is 5.91 Å². The summed E-state index contributed by atoms with van der Waals surface area (Å²) in [6.07, 6.45) is 0.164. The van der Waals surface area contributed by atoms with E-state index in [2.05, 4.69) is 0 Å². The Bertz CT molecular complexity index is 264. The monoisotopic (exact) mass is 259 g/mol. The molecule has 1 N–H and O–H groups in total. The van der Waals surface area contributed by atoms with Crippen LogP contribution in [0.5, 0.6) is 0 Å². The molecule has 1 atom stereocenters. The average Bonchev–Trinajstić information content (AvgIpc) is 2.24. The van der Waals surface area contributed by atoms with Gasteiger partial charge in [-0.2, -0.15) is 0 Å². The molecule has 0 aliphatic carbocycles. The zero-order valence-electron chi connectivity index (χ0n) is 11.8. The van der Waals surface area contributed by atoms with Crippen molar-refractivity contribution in [1.29, 1.82) is 0 Å². The molecule has 0 saturated carbocycles. The predicted molar refractivity (Wildman–Crippen MR) is 69.0 cm³/mol. The summed E-state index contributed by atoms with van der Waals surface area (Å²) in [5, 5.41) is 9.17. The van der Waals surface area contributed by atoms with E-state index < -0.39 is 6.10 Å². The summed E-state index contributed by atoms with van der Waals surface area (Å²) in [4.78, 5) is 24.8. The minimum atomic E-state index is -0.502. The van der Waals surface area contributed by atoms with E-state index in [0.717, 1.165) is 0 Å². The average molecular weight is 259 g/mol. The molecule has 18 heavy (non-hydrogen) atoms. The summed E-state index contributed by atoms with van der Waals surface area (Å²) >= 11 is 0. The number of carbonyl (C=O) groups is 2. The van der Waals surface area contributed by atoms with E-state index in [1.54, 1.807) is 13.8 Å². The van der Waals surface area contributed by atoms with Gasteiger partial charge in [-0.3, -0.25) is 9.59 Å². The van der Waals surface area contributed by atoms with E-state index in [1.165, 1.54) is 4.90 Å². The van der Waals surface area contributed by atoms with Gasteiger partial charge in [-0.25, -0.2) is 0 Å². The van der Waals surface area contributed by atoms with E-state index >= 15 is 0 Å². The van der Waals surface area contributed by atoms with Crippen LogP contribution in [0.2, 0.25) is 0 Å². The Kier molecular flexibility index (Phi) is 8.37. The highest BCUT2D eigenvalue weighted by Crippen LogP contribution is 2.05. The largest absolute Gasteiger partial charge is 0.465 e. The summed E-state index contributed by atoms with van der Waals surface area (Å²) < 4.78 is 4.85. The maximum absolute atomic E-state index is 11.9. The molecule has 0 aromatic heterocycles. The molecule has 0 aliphatic rings. The van der Waals surface area contributed by atoms with Crippen molar-refractivity contribution in [2.24, 2.45) is 5.92 Å². The van der Waals surface area contributed by atoms with Crippen LogP contribution in [-0.2, 0) is 14.3 Å². The first-order valence-electron chi connectivity index (χ1n) is 6.48. The first kappa shape index (κ1) is 16.9. The molecule has 0 radical (unpaired) electrons. The molecule has 5 nitrogen and oxygen atoms in total. The third kappa shape index (κ3) is 8.06. The van der Waals surface area contributed by atoms with E-state index in [-0.39, 0.29) is 30.8 Å². The Morgan fingerprint density at radius 1 is 1.28 bits per heavy atom. The highest BCUT2D eigenvalue weighted by Gasteiger charge is 2.19. The van der Waals surface area contributed by atoms with Crippen LogP contribution in [0.4, 0.5) is 0 Å². The smallest absolute Gasteiger partial charge is 0.325 e. The van der Waals surface area contributed by atoms with Gasteiger partial charge in [0.25, 0.3) is 0 Å². The zero-order chi connectivity index (χ0) is 14.1. The van der Waals surface area contributed by atoms with Crippen LogP contribution < -0.4 is 0 Å². The number of esters is 1. The first-order valence-corrected chi connectivity index (χ1v) is 6.48. The summed E-state index contributed by atoms with van der Waals surface area (Å²) in [6.45, 7) is 8.18. The molecule has 0 rings (SSSR count). The second-order valence-corrected chi connectivity index (χ2v) is 4.86. The summed E-state index contributed by atoms with van der Waals surface area (Å²) in [5.41, 5.74) is 0. The minimum absolute atomic E-state index is 0.00926. The van der Waals surface area contributed by atoms with Crippen molar-refractivity contribution in [3.63, 3.8) is 0 Å². The standard InChI is InChI=1S/C13H25NO4/c1-5-18-13(17)9-14(8-10(2)3)12(16)7-6-11(4)15/h10-11,15H,5-9H2,1-4H3. The van der Waals surface area contributed by atoms with E-state index in [1.807, 2.05) is 13.8 Å². The van der Waals surface area contributed by atoms with Gasteiger partial charge in [-0.1, -0.05) is 13.8 Å².